The van der Waals surface area contributed by atoms with Crippen LogP contribution in [-0.4, -0.2) is 35.5 Å². The van der Waals surface area contributed by atoms with E-state index in [1.54, 1.807) is 18.4 Å². The molecule has 0 saturated carbocycles. The van der Waals surface area contributed by atoms with Crippen LogP contribution < -0.4 is 10.6 Å². The molecule has 0 aliphatic carbocycles. The Balaban J connectivity index is 2.45. The zero-order valence-electron chi connectivity index (χ0n) is 13.3. The van der Waals surface area contributed by atoms with E-state index in [0.29, 0.717) is 12.5 Å². The molecule has 2 N–H and O–H groups in total. The summed E-state index contributed by atoms with van der Waals surface area (Å²) >= 11 is 3.57. The highest BCUT2D eigenvalue weighted by molar-refractivity contribution is 7.99. The van der Waals surface area contributed by atoms with Crippen molar-refractivity contribution in [2.45, 2.75) is 44.9 Å². The van der Waals surface area contributed by atoms with Crippen LogP contribution in [0, 0.1) is 0 Å². The van der Waals surface area contributed by atoms with Crippen LogP contribution >= 0.6 is 23.1 Å². The lowest BCUT2D eigenvalue weighted by Crippen LogP contribution is -2.43. The van der Waals surface area contributed by atoms with Crippen LogP contribution in [0.25, 0.3) is 0 Å². The number of nitrogens with zero attached hydrogens (tertiary/aromatic N) is 2. The molecular weight excluding hydrogens is 288 g/mol. The Morgan fingerprint density at radius 2 is 2.15 bits per heavy atom. The number of aliphatic imine (C=N–C) groups is 1. The second-order valence-electron chi connectivity index (χ2n) is 5.57. The first-order chi connectivity index (χ1) is 9.38. The minimum Gasteiger partial charge on any atom is -0.355 e. The van der Waals surface area contributed by atoms with Gasteiger partial charge in [0.05, 0.1) is 17.2 Å². The second-order valence-corrected chi connectivity index (χ2v) is 7.98. The van der Waals surface area contributed by atoms with Gasteiger partial charge in [-0.1, -0.05) is 13.8 Å². The summed E-state index contributed by atoms with van der Waals surface area (Å²) in [4.78, 5) is 8.85. The molecule has 0 amide bonds. The molecule has 0 atom stereocenters. The van der Waals surface area contributed by atoms with Gasteiger partial charge in [0.15, 0.2) is 5.96 Å². The number of nitrogens with one attached hydrogen (secondary N) is 2. The molecule has 1 rings (SSSR count). The van der Waals surface area contributed by atoms with Crippen molar-refractivity contribution in [2.24, 2.45) is 4.99 Å². The number of hydrogen-bond acceptors (Lipinski definition) is 4. The van der Waals surface area contributed by atoms with Crippen molar-refractivity contribution in [3.63, 3.8) is 0 Å². The van der Waals surface area contributed by atoms with Crippen LogP contribution in [0.3, 0.4) is 0 Å². The van der Waals surface area contributed by atoms with E-state index in [1.807, 2.05) is 11.8 Å². The van der Waals surface area contributed by atoms with Gasteiger partial charge in [0, 0.05) is 29.6 Å². The molecule has 114 valence electrons. The smallest absolute Gasteiger partial charge is 0.191 e. The topological polar surface area (TPSA) is 49.3 Å². The van der Waals surface area contributed by atoms with Gasteiger partial charge in [-0.2, -0.15) is 11.8 Å². The third-order valence-corrected chi connectivity index (χ3v) is 5.40. The van der Waals surface area contributed by atoms with Crippen LogP contribution in [0.2, 0.25) is 0 Å². The first kappa shape index (κ1) is 17.3. The minimum atomic E-state index is 0.197. The van der Waals surface area contributed by atoms with E-state index in [4.69, 9.17) is 0 Å². The molecule has 1 heterocycles. The lowest BCUT2D eigenvalue weighted by molar-refractivity contribution is 0.663. The van der Waals surface area contributed by atoms with E-state index < -0.39 is 0 Å². The number of rotatable bonds is 6. The molecule has 4 nitrogen and oxygen atoms in total. The molecule has 0 saturated heterocycles. The van der Waals surface area contributed by atoms with Crippen molar-refractivity contribution in [2.75, 3.05) is 19.8 Å². The summed E-state index contributed by atoms with van der Waals surface area (Å²) in [5.41, 5.74) is 1.07. The van der Waals surface area contributed by atoms with Gasteiger partial charge < -0.3 is 10.6 Å². The van der Waals surface area contributed by atoms with E-state index in [2.05, 4.69) is 59.9 Å². The molecule has 0 aromatic carbocycles. The largest absolute Gasteiger partial charge is 0.355 e. The lowest BCUT2D eigenvalue weighted by atomic mass is 10.2. The first-order valence-corrected chi connectivity index (χ1v) is 8.92. The van der Waals surface area contributed by atoms with Crippen molar-refractivity contribution in [3.8, 4) is 0 Å². The summed E-state index contributed by atoms with van der Waals surface area (Å²) < 4.78 is 0.197. The molecule has 1 aromatic heterocycles. The summed E-state index contributed by atoms with van der Waals surface area (Å²) in [5, 5.41) is 9.96. The summed E-state index contributed by atoms with van der Waals surface area (Å²) in [6.07, 6.45) is 2.13. The van der Waals surface area contributed by atoms with Gasteiger partial charge in [-0.15, -0.1) is 11.3 Å². The molecule has 0 unspecified atom stereocenters. The molecule has 0 aliphatic rings. The third kappa shape index (κ3) is 5.71. The van der Waals surface area contributed by atoms with Crippen LogP contribution in [-0.2, 0) is 6.54 Å². The van der Waals surface area contributed by atoms with Crippen molar-refractivity contribution in [1.82, 2.24) is 15.6 Å². The quantitative estimate of drug-likeness (QED) is 0.626. The Bertz CT molecular complexity index is 438. The standard InChI is InChI=1S/C14H26N4S2/c1-10(2)12-18-11(8-20-12)7-16-13(15-5)17-9-14(3,4)19-6/h8,10H,7,9H2,1-6H3,(H2,15,16,17). The van der Waals surface area contributed by atoms with Crippen LogP contribution in [0.5, 0.6) is 0 Å². The van der Waals surface area contributed by atoms with Crippen LogP contribution in [0.1, 0.15) is 44.3 Å². The van der Waals surface area contributed by atoms with Crippen molar-refractivity contribution in [1.29, 1.82) is 0 Å². The zero-order chi connectivity index (χ0) is 15.2. The maximum atomic E-state index is 4.61. The third-order valence-electron chi connectivity index (χ3n) is 2.96. The SMILES string of the molecule is CN=C(NCc1csc(C(C)C)n1)NCC(C)(C)SC. The fraction of sp³-hybridized carbons (Fsp3) is 0.714. The van der Waals surface area contributed by atoms with Gasteiger partial charge in [0.1, 0.15) is 0 Å². The van der Waals surface area contributed by atoms with Gasteiger partial charge in [-0.25, -0.2) is 4.98 Å². The second kappa shape index (κ2) is 7.88. The van der Waals surface area contributed by atoms with Crippen molar-refractivity contribution < 1.29 is 0 Å². The van der Waals surface area contributed by atoms with E-state index in [9.17, 15) is 0 Å². The minimum absolute atomic E-state index is 0.197. The normalized spacial score (nSPS) is 12.8. The van der Waals surface area contributed by atoms with E-state index in [0.717, 1.165) is 18.2 Å². The highest BCUT2D eigenvalue weighted by Crippen LogP contribution is 2.20. The van der Waals surface area contributed by atoms with Crippen molar-refractivity contribution >= 4 is 29.1 Å². The summed E-state index contributed by atoms with van der Waals surface area (Å²) in [5.74, 6) is 1.32. The monoisotopic (exact) mass is 314 g/mol. The van der Waals surface area contributed by atoms with E-state index in [1.165, 1.54) is 5.01 Å². The van der Waals surface area contributed by atoms with Gasteiger partial charge >= 0.3 is 0 Å². The fourth-order valence-corrected chi connectivity index (χ4v) is 2.48. The highest BCUT2D eigenvalue weighted by atomic mass is 32.2. The lowest BCUT2D eigenvalue weighted by Gasteiger charge is -2.23. The highest BCUT2D eigenvalue weighted by Gasteiger charge is 2.16. The maximum Gasteiger partial charge on any atom is 0.191 e. The molecule has 0 radical (unpaired) electrons. The van der Waals surface area contributed by atoms with Crippen molar-refractivity contribution in [3.05, 3.63) is 16.1 Å². The number of thioether (sulfide) groups is 1. The number of thiazole rings is 1. The fourth-order valence-electron chi connectivity index (χ4n) is 1.43. The number of aromatic nitrogens is 1. The predicted molar refractivity (Wildman–Crippen MR) is 92.0 cm³/mol. The molecular formula is C14H26N4S2. The molecule has 1 aromatic rings. The molecule has 0 spiro atoms. The predicted octanol–water partition coefficient (Wildman–Crippen LogP) is 3.07. The van der Waals surface area contributed by atoms with Crippen LogP contribution in [0.4, 0.5) is 0 Å². The summed E-state index contributed by atoms with van der Waals surface area (Å²) in [7, 11) is 1.79. The van der Waals surface area contributed by atoms with Gasteiger partial charge in [0.25, 0.3) is 0 Å². The first-order valence-electron chi connectivity index (χ1n) is 6.82. The van der Waals surface area contributed by atoms with E-state index >= 15 is 0 Å². The Labute approximate surface area is 130 Å². The number of guanidine groups is 1. The average molecular weight is 315 g/mol. The Kier molecular flexibility index (Phi) is 6.82. The maximum absolute atomic E-state index is 4.61. The Morgan fingerprint density at radius 3 is 2.65 bits per heavy atom. The number of hydrogen-bond donors (Lipinski definition) is 2. The summed E-state index contributed by atoms with van der Waals surface area (Å²) in [6, 6.07) is 0. The average Bonchev–Trinajstić information content (AvgIpc) is 2.88. The molecule has 6 heteroatoms. The Hall–Kier alpha value is -0.750. The molecule has 0 fully saturated rings. The zero-order valence-corrected chi connectivity index (χ0v) is 14.9. The summed E-state index contributed by atoms with van der Waals surface area (Å²) in [6.45, 7) is 10.4. The van der Waals surface area contributed by atoms with Gasteiger partial charge in [-0.05, 0) is 20.1 Å². The Morgan fingerprint density at radius 1 is 1.45 bits per heavy atom. The van der Waals surface area contributed by atoms with E-state index in [-0.39, 0.29) is 4.75 Å². The molecule has 0 aliphatic heterocycles. The van der Waals surface area contributed by atoms with Gasteiger partial charge in [-0.3, -0.25) is 4.99 Å². The van der Waals surface area contributed by atoms with Crippen LogP contribution in [0.15, 0.2) is 10.4 Å². The van der Waals surface area contributed by atoms with Gasteiger partial charge in [0.2, 0.25) is 0 Å². The molecule has 0 bridgehead atoms. The molecule has 20 heavy (non-hydrogen) atoms.